The third kappa shape index (κ3) is 4.78. The Labute approximate surface area is 233 Å². The van der Waals surface area contributed by atoms with Crippen LogP contribution in [0.15, 0.2) is 115 Å². The Morgan fingerprint density at radius 3 is 1.68 bits per heavy atom. The fourth-order valence-corrected chi connectivity index (χ4v) is 4.95. The van der Waals surface area contributed by atoms with E-state index < -0.39 is 5.97 Å². The molecule has 0 bridgehead atoms. The Balaban J connectivity index is 1.45. The lowest BCUT2D eigenvalue weighted by molar-refractivity contribution is 0.0697. The maximum atomic E-state index is 11.2. The number of nitrogens with zero attached hydrogens (tertiary/aromatic N) is 3. The second kappa shape index (κ2) is 9.93. The minimum absolute atomic E-state index is 0.0609. The second-order valence-corrected chi connectivity index (χ2v) is 11.0. The molecule has 0 aliphatic carbocycles. The summed E-state index contributed by atoms with van der Waals surface area (Å²) in [6, 6.07) is 38.3. The van der Waals surface area contributed by atoms with Gasteiger partial charge in [-0.3, -0.25) is 4.57 Å². The van der Waals surface area contributed by atoms with E-state index in [4.69, 9.17) is 0 Å². The largest absolute Gasteiger partial charge is 0.478 e. The summed E-state index contributed by atoms with van der Waals surface area (Å²) >= 11 is 0. The van der Waals surface area contributed by atoms with Crippen molar-refractivity contribution in [2.24, 2.45) is 0 Å². The van der Waals surface area contributed by atoms with Gasteiger partial charge in [0.2, 0.25) is 0 Å². The quantitative estimate of drug-likeness (QED) is 0.246. The van der Waals surface area contributed by atoms with E-state index in [1.54, 1.807) is 12.1 Å². The molecule has 0 saturated heterocycles. The molecule has 196 valence electrons. The van der Waals surface area contributed by atoms with Crippen molar-refractivity contribution < 1.29 is 9.90 Å². The predicted molar refractivity (Wildman–Crippen MR) is 161 cm³/mol. The van der Waals surface area contributed by atoms with E-state index >= 15 is 0 Å². The van der Waals surface area contributed by atoms with Crippen molar-refractivity contribution in [2.75, 3.05) is 0 Å². The highest BCUT2D eigenvalue weighted by Gasteiger charge is 2.19. The molecule has 0 amide bonds. The van der Waals surface area contributed by atoms with Crippen LogP contribution in [0.1, 0.15) is 36.7 Å². The number of fused-ring (bicyclic) bond motifs is 1. The third-order valence-corrected chi connectivity index (χ3v) is 7.27. The first-order valence-corrected chi connectivity index (χ1v) is 13.3. The SMILES string of the molecule is CC(C)(C)c1ccc(-c2nnc(-c3ccc(-c4ccc(C(=O)O)cc4)cc3)n2-c2ccc3ccccc3c2)cc1. The lowest BCUT2D eigenvalue weighted by atomic mass is 9.86. The molecule has 40 heavy (non-hydrogen) atoms. The standard InChI is InChI=1S/C35H29N3O2/c1-35(2,3)30-19-16-27(17-20-30)33-37-36-32(38(33)31-21-18-23-6-4-5-7-29(23)22-31)26-12-8-24(9-13-26)25-10-14-28(15-11-25)34(39)40/h4-22H,1-3H3,(H,39,40). The van der Waals surface area contributed by atoms with Crippen LogP contribution >= 0.6 is 0 Å². The van der Waals surface area contributed by atoms with Gasteiger partial charge >= 0.3 is 5.97 Å². The Morgan fingerprint density at radius 2 is 1.12 bits per heavy atom. The normalized spacial score (nSPS) is 11.6. The summed E-state index contributed by atoms with van der Waals surface area (Å²) in [5.41, 5.74) is 6.46. The zero-order valence-corrected chi connectivity index (χ0v) is 22.7. The Kier molecular flexibility index (Phi) is 6.27. The van der Waals surface area contributed by atoms with Crippen LogP contribution < -0.4 is 0 Å². The lowest BCUT2D eigenvalue weighted by Gasteiger charge is -2.19. The van der Waals surface area contributed by atoms with Crippen LogP contribution in [0.3, 0.4) is 0 Å². The zero-order valence-electron chi connectivity index (χ0n) is 22.7. The fraction of sp³-hybridized carbons (Fsp3) is 0.114. The molecule has 1 heterocycles. The van der Waals surface area contributed by atoms with Gasteiger partial charge in [0.1, 0.15) is 0 Å². The molecular weight excluding hydrogens is 494 g/mol. The average molecular weight is 524 g/mol. The van der Waals surface area contributed by atoms with Gasteiger partial charge < -0.3 is 5.11 Å². The first-order valence-electron chi connectivity index (χ1n) is 13.3. The highest BCUT2D eigenvalue weighted by molar-refractivity contribution is 5.88. The van der Waals surface area contributed by atoms with E-state index in [2.05, 4.69) is 90.1 Å². The van der Waals surface area contributed by atoms with Gasteiger partial charge in [0.25, 0.3) is 0 Å². The van der Waals surface area contributed by atoms with E-state index in [1.165, 1.54) is 10.9 Å². The molecule has 5 aromatic carbocycles. The number of aromatic nitrogens is 3. The summed E-state index contributed by atoms with van der Waals surface area (Å²) in [6.07, 6.45) is 0. The second-order valence-electron chi connectivity index (χ2n) is 11.0. The van der Waals surface area contributed by atoms with Gasteiger partial charge in [0, 0.05) is 16.8 Å². The van der Waals surface area contributed by atoms with Crippen LogP contribution in [0.25, 0.3) is 50.4 Å². The van der Waals surface area contributed by atoms with Crippen molar-refractivity contribution >= 4 is 16.7 Å². The van der Waals surface area contributed by atoms with Crippen molar-refractivity contribution in [3.8, 4) is 39.6 Å². The third-order valence-electron chi connectivity index (χ3n) is 7.27. The predicted octanol–water partition coefficient (Wildman–Crippen LogP) is 8.42. The van der Waals surface area contributed by atoms with Crippen LogP contribution in [0.4, 0.5) is 0 Å². The number of rotatable bonds is 5. The van der Waals surface area contributed by atoms with Gasteiger partial charge in [-0.1, -0.05) is 112 Å². The Bertz CT molecular complexity index is 1830. The van der Waals surface area contributed by atoms with E-state index in [0.717, 1.165) is 45.0 Å². The smallest absolute Gasteiger partial charge is 0.335 e. The van der Waals surface area contributed by atoms with Crippen LogP contribution in [-0.2, 0) is 5.41 Å². The molecule has 0 aliphatic heterocycles. The molecule has 0 radical (unpaired) electrons. The van der Waals surface area contributed by atoms with E-state index in [-0.39, 0.29) is 11.0 Å². The summed E-state index contributed by atoms with van der Waals surface area (Å²) in [5.74, 6) is 0.593. The molecule has 0 fully saturated rings. The molecule has 0 saturated carbocycles. The number of carbonyl (C=O) groups is 1. The monoisotopic (exact) mass is 523 g/mol. The topological polar surface area (TPSA) is 68.0 Å². The molecule has 0 atom stereocenters. The maximum absolute atomic E-state index is 11.2. The van der Waals surface area contributed by atoms with Gasteiger partial charge in [-0.05, 0) is 57.1 Å². The first-order chi connectivity index (χ1) is 19.3. The molecule has 6 aromatic rings. The minimum atomic E-state index is -0.932. The summed E-state index contributed by atoms with van der Waals surface area (Å²) < 4.78 is 2.12. The van der Waals surface area contributed by atoms with Gasteiger partial charge in [-0.15, -0.1) is 10.2 Å². The molecule has 1 N–H and O–H groups in total. The minimum Gasteiger partial charge on any atom is -0.478 e. The number of hydrogen-bond donors (Lipinski definition) is 1. The first kappa shape index (κ1) is 25.3. The number of carboxylic acids is 1. The Morgan fingerprint density at radius 1 is 0.625 bits per heavy atom. The molecule has 1 aromatic heterocycles. The van der Waals surface area contributed by atoms with Gasteiger partial charge in [0.15, 0.2) is 11.6 Å². The summed E-state index contributed by atoms with van der Waals surface area (Å²) in [4.78, 5) is 11.2. The van der Waals surface area contributed by atoms with Crippen molar-refractivity contribution in [3.63, 3.8) is 0 Å². The van der Waals surface area contributed by atoms with E-state index in [9.17, 15) is 9.90 Å². The lowest BCUT2D eigenvalue weighted by Crippen LogP contribution is -2.10. The summed E-state index contributed by atoms with van der Waals surface area (Å²) in [5, 5.41) is 20.9. The number of carboxylic acid groups (broad SMARTS) is 1. The zero-order chi connectivity index (χ0) is 27.9. The van der Waals surface area contributed by atoms with Gasteiger partial charge in [0.05, 0.1) is 5.56 Å². The number of hydrogen-bond acceptors (Lipinski definition) is 3. The number of aromatic carboxylic acids is 1. The van der Waals surface area contributed by atoms with Gasteiger partial charge in [-0.2, -0.15) is 0 Å². The molecular formula is C35H29N3O2. The van der Waals surface area contributed by atoms with Crippen molar-refractivity contribution in [1.82, 2.24) is 14.8 Å². The van der Waals surface area contributed by atoms with E-state index in [0.29, 0.717) is 0 Å². The summed E-state index contributed by atoms with van der Waals surface area (Å²) in [7, 11) is 0. The number of benzene rings is 5. The van der Waals surface area contributed by atoms with Crippen molar-refractivity contribution in [2.45, 2.75) is 26.2 Å². The molecule has 5 heteroatoms. The molecule has 0 aliphatic rings. The van der Waals surface area contributed by atoms with Crippen molar-refractivity contribution in [3.05, 3.63) is 126 Å². The van der Waals surface area contributed by atoms with Crippen molar-refractivity contribution in [1.29, 1.82) is 0 Å². The molecule has 5 nitrogen and oxygen atoms in total. The van der Waals surface area contributed by atoms with Crippen LogP contribution in [-0.4, -0.2) is 25.8 Å². The van der Waals surface area contributed by atoms with Gasteiger partial charge in [-0.25, -0.2) is 4.79 Å². The van der Waals surface area contributed by atoms with E-state index in [1.807, 2.05) is 48.5 Å². The highest BCUT2D eigenvalue weighted by atomic mass is 16.4. The van der Waals surface area contributed by atoms with Crippen LogP contribution in [0, 0.1) is 0 Å². The molecule has 0 unspecified atom stereocenters. The van der Waals surface area contributed by atoms with Crippen LogP contribution in [0.2, 0.25) is 0 Å². The summed E-state index contributed by atoms with van der Waals surface area (Å²) in [6.45, 7) is 6.63. The molecule has 6 rings (SSSR count). The highest BCUT2D eigenvalue weighted by Crippen LogP contribution is 2.32. The fourth-order valence-electron chi connectivity index (χ4n) is 4.95. The Hall–Kier alpha value is -5.03. The maximum Gasteiger partial charge on any atom is 0.335 e. The van der Waals surface area contributed by atoms with Crippen LogP contribution in [0.5, 0.6) is 0 Å². The molecule has 0 spiro atoms. The average Bonchev–Trinajstić information content (AvgIpc) is 3.42.